The number of methoxy groups -OCH3 is 1. The summed E-state index contributed by atoms with van der Waals surface area (Å²) in [5, 5.41) is 13.4. The van der Waals surface area contributed by atoms with E-state index < -0.39 is 22.8 Å². The van der Waals surface area contributed by atoms with E-state index >= 15 is 0 Å². The molecule has 39 heavy (non-hydrogen) atoms. The molecule has 1 aliphatic rings. The molecule has 0 spiro atoms. The Labute approximate surface area is 233 Å². The Kier molecular flexibility index (Phi) is 8.16. The summed E-state index contributed by atoms with van der Waals surface area (Å²) in [6.07, 6.45) is 2.44. The van der Waals surface area contributed by atoms with Crippen molar-refractivity contribution in [3.05, 3.63) is 78.9 Å². The lowest BCUT2D eigenvalue weighted by Gasteiger charge is -2.15. The largest absolute Gasteiger partial charge is 0.490 e. The maximum Gasteiger partial charge on any atom is 0.373 e. The lowest BCUT2D eigenvalue weighted by atomic mass is 10.1. The fraction of sp³-hybridized carbons (Fsp3) is 0.167. The minimum absolute atomic E-state index is 0.0311. The minimum Gasteiger partial charge on any atom is -0.490 e. The van der Waals surface area contributed by atoms with E-state index in [4.69, 9.17) is 25.5 Å². The molecule has 3 amide bonds. The first-order chi connectivity index (χ1) is 18.6. The molecular formula is C24H18BrClN4O9. The van der Waals surface area contributed by atoms with Gasteiger partial charge in [0.05, 0.1) is 25.2 Å². The fourth-order valence-electron chi connectivity index (χ4n) is 3.41. The second kappa shape index (κ2) is 11.5. The van der Waals surface area contributed by atoms with E-state index in [-0.39, 0.29) is 58.5 Å². The first kappa shape index (κ1) is 27.6. The number of benzene rings is 1. The zero-order chi connectivity index (χ0) is 28.3. The first-order valence-electron chi connectivity index (χ1n) is 11.1. The number of carbonyl (C=O) groups is 3. The highest BCUT2D eigenvalue weighted by Gasteiger charge is 2.35. The number of amides is 3. The number of halogens is 2. The van der Waals surface area contributed by atoms with E-state index in [1.807, 2.05) is 0 Å². The van der Waals surface area contributed by atoms with Gasteiger partial charge < -0.3 is 23.9 Å². The smallest absolute Gasteiger partial charge is 0.373 e. The van der Waals surface area contributed by atoms with Crippen LogP contribution in [0.1, 0.15) is 28.8 Å². The van der Waals surface area contributed by atoms with Gasteiger partial charge >= 0.3 is 12.0 Å². The third-order valence-corrected chi connectivity index (χ3v) is 6.66. The Morgan fingerprint density at radius 3 is 2.72 bits per heavy atom. The summed E-state index contributed by atoms with van der Waals surface area (Å²) in [4.78, 5) is 52.2. The highest BCUT2D eigenvalue weighted by atomic mass is 79.9. The van der Waals surface area contributed by atoms with E-state index in [9.17, 15) is 24.5 Å². The number of urea groups is 1. The molecule has 15 heteroatoms. The van der Waals surface area contributed by atoms with Gasteiger partial charge in [0.15, 0.2) is 11.5 Å². The van der Waals surface area contributed by atoms with Crippen molar-refractivity contribution in [3.8, 4) is 17.4 Å². The third kappa shape index (κ3) is 5.86. The van der Waals surface area contributed by atoms with E-state index in [1.165, 1.54) is 43.5 Å². The van der Waals surface area contributed by atoms with Gasteiger partial charge in [-0.1, -0.05) is 11.6 Å². The monoisotopic (exact) mass is 620 g/mol. The van der Waals surface area contributed by atoms with Gasteiger partial charge in [-0.2, -0.15) is 0 Å². The third-order valence-electron chi connectivity index (χ3n) is 5.22. The van der Waals surface area contributed by atoms with Crippen LogP contribution in [-0.4, -0.2) is 46.4 Å². The number of furan rings is 1. The van der Waals surface area contributed by atoms with Crippen LogP contribution in [0.2, 0.25) is 5.02 Å². The number of hydrogen-bond acceptors (Lipinski definition) is 10. The van der Waals surface area contributed by atoms with Crippen LogP contribution in [0.5, 0.6) is 17.4 Å². The number of rotatable bonds is 9. The van der Waals surface area contributed by atoms with E-state index in [2.05, 4.69) is 31.0 Å². The van der Waals surface area contributed by atoms with Gasteiger partial charge in [0.1, 0.15) is 22.7 Å². The Bertz CT molecular complexity index is 1500. The second-order valence-corrected chi connectivity index (χ2v) is 8.88. The Morgan fingerprint density at radius 2 is 2.08 bits per heavy atom. The van der Waals surface area contributed by atoms with Crippen LogP contribution in [-0.2, 0) is 16.1 Å². The second-order valence-electron chi connectivity index (χ2n) is 7.70. The number of imide groups is 1. The molecule has 202 valence electrons. The normalized spacial score (nSPS) is 13.9. The number of aromatic nitrogens is 1. The number of nitro groups is 1. The zero-order valence-electron chi connectivity index (χ0n) is 20.2. The van der Waals surface area contributed by atoms with Crippen LogP contribution in [0.25, 0.3) is 6.08 Å². The van der Waals surface area contributed by atoms with E-state index in [0.29, 0.717) is 10.0 Å². The molecular weight excluding hydrogens is 604 g/mol. The van der Waals surface area contributed by atoms with Crippen LogP contribution in [0, 0.1) is 10.1 Å². The number of esters is 1. The molecule has 1 aromatic carbocycles. The molecule has 1 fully saturated rings. The maximum atomic E-state index is 13.0. The molecule has 1 saturated heterocycles. The van der Waals surface area contributed by atoms with Crippen molar-refractivity contribution >= 4 is 57.2 Å². The van der Waals surface area contributed by atoms with Crippen molar-refractivity contribution in [2.45, 2.75) is 13.5 Å². The average Bonchev–Trinajstić information content (AvgIpc) is 3.49. The number of hydrogen-bond donors (Lipinski definition) is 1. The summed E-state index contributed by atoms with van der Waals surface area (Å²) in [6, 6.07) is 6.20. The molecule has 13 nitrogen and oxygen atoms in total. The molecule has 0 unspecified atom stereocenters. The lowest BCUT2D eigenvalue weighted by Crippen LogP contribution is -2.30. The molecule has 3 heterocycles. The molecule has 1 aliphatic heterocycles. The predicted octanol–water partition coefficient (Wildman–Crippen LogP) is 5.07. The zero-order valence-corrected chi connectivity index (χ0v) is 22.6. The van der Waals surface area contributed by atoms with Crippen molar-refractivity contribution in [1.82, 2.24) is 15.2 Å². The summed E-state index contributed by atoms with van der Waals surface area (Å²) in [6.45, 7) is 1.75. The van der Waals surface area contributed by atoms with E-state index in [1.54, 1.807) is 6.92 Å². The Balaban J connectivity index is 1.61. The highest BCUT2D eigenvalue weighted by Crippen LogP contribution is 2.45. The fourth-order valence-corrected chi connectivity index (χ4v) is 4.06. The summed E-state index contributed by atoms with van der Waals surface area (Å²) in [7, 11) is 1.20. The van der Waals surface area contributed by atoms with Crippen LogP contribution >= 0.6 is 27.5 Å². The van der Waals surface area contributed by atoms with Gasteiger partial charge in [-0.25, -0.2) is 14.6 Å². The standard InChI is InChI=1S/C24H18BrClN4O9/c1-3-37-17-9-12(19(25)20(26)21(17)39-18-7-4-13(10-27-18)30(34)35)8-15-22(31)29(24(33)28-15)11-14-5-6-16(38-14)23(32)36-2/h4-10H,3,11H2,1-2H3,(H,28,33)/b15-8-. The van der Waals surface area contributed by atoms with Crippen molar-refractivity contribution in [2.24, 2.45) is 0 Å². The van der Waals surface area contributed by atoms with Gasteiger partial charge in [0, 0.05) is 16.6 Å². The van der Waals surface area contributed by atoms with Crippen molar-refractivity contribution in [2.75, 3.05) is 13.7 Å². The molecule has 2 aromatic heterocycles. The number of pyridine rings is 1. The molecule has 0 aliphatic carbocycles. The number of nitrogens with one attached hydrogen (secondary N) is 1. The van der Waals surface area contributed by atoms with Gasteiger partial charge in [-0.15, -0.1) is 0 Å². The SMILES string of the molecule is CCOc1cc(/C=C2\NC(=O)N(Cc3ccc(C(=O)OC)o3)C2=O)c(Br)c(Cl)c1Oc1ccc([N+](=O)[O-])cn1. The highest BCUT2D eigenvalue weighted by molar-refractivity contribution is 9.10. The predicted molar refractivity (Wildman–Crippen MR) is 138 cm³/mol. The van der Waals surface area contributed by atoms with Gasteiger partial charge in [-0.05, 0) is 52.7 Å². The summed E-state index contributed by atoms with van der Waals surface area (Å²) < 4.78 is 21.7. The number of ether oxygens (including phenoxy) is 3. The van der Waals surface area contributed by atoms with Crippen molar-refractivity contribution in [3.63, 3.8) is 0 Å². The maximum absolute atomic E-state index is 13.0. The molecule has 0 atom stereocenters. The lowest BCUT2D eigenvalue weighted by molar-refractivity contribution is -0.385. The van der Waals surface area contributed by atoms with Crippen LogP contribution < -0.4 is 14.8 Å². The molecule has 4 rings (SSSR count). The molecule has 0 bridgehead atoms. The summed E-state index contributed by atoms with van der Waals surface area (Å²) in [5.41, 5.74) is 0.114. The van der Waals surface area contributed by atoms with Gasteiger partial charge in [-0.3, -0.25) is 19.8 Å². The number of carbonyl (C=O) groups excluding carboxylic acids is 3. The first-order valence-corrected chi connectivity index (χ1v) is 12.2. The topological polar surface area (TPSA) is 163 Å². The summed E-state index contributed by atoms with van der Waals surface area (Å²) in [5.74, 6) is -0.902. The van der Waals surface area contributed by atoms with Gasteiger partial charge in [0.25, 0.3) is 11.6 Å². The minimum atomic E-state index is -0.696. The van der Waals surface area contributed by atoms with Gasteiger partial charge in [0.2, 0.25) is 11.6 Å². The Hall–Kier alpha value is -4.43. The molecule has 0 saturated carbocycles. The number of nitrogens with zero attached hydrogens (tertiary/aromatic N) is 3. The molecule has 0 radical (unpaired) electrons. The molecule has 3 aromatic rings. The summed E-state index contributed by atoms with van der Waals surface area (Å²) >= 11 is 9.92. The molecule has 1 N–H and O–H groups in total. The average molecular weight is 622 g/mol. The van der Waals surface area contributed by atoms with Crippen LogP contribution in [0.3, 0.4) is 0 Å². The van der Waals surface area contributed by atoms with Crippen molar-refractivity contribution < 1.29 is 37.9 Å². The van der Waals surface area contributed by atoms with Crippen LogP contribution in [0.15, 0.2) is 51.1 Å². The Morgan fingerprint density at radius 1 is 1.31 bits per heavy atom. The quantitative estimate of drug-likeness (QED) is 0.112. The van der Waals surface area contributed by atoms with Crippen LogP contribution in [0.4, 0.5) is 10.5 Å². The van der Waals surface area contributed by atoms with Crippen molar-refractivity contribution in [1.29, 1.82) is 0 Å². The van der Waals surface area contributed by atoms with E-state index in [0.717, 1.165) is 11.1 Å².